The van der Waals surface area contributed by atoms with E-state index in [0.29, 0.717) is 0 Å². The van der Waals surface area contributed by atoms with Crippen molar-refractivity contribution in [2.45, 2.75) is 31.9 Å². The second-order valence-corrected chi connectivity index (χ2v) is 5.31. The summed E-state index contributed by atoms with van der Waals surface area (Å²) in [5, 5.41) is 3.39. The van der Waals surface area contributed by atoms with Crippen molar-refractivity contribution >= 4 is 0 Å². The topological polar surface area (TPSA) is 37.6 Å². The smallest absolute Gasteiger partial charge is 0.105 e. The highest BCUT2D eigenvalue weighted by molar-refractivity contribution is 5.15. The molecule has 1 saturated heterocycles. The normalized spacial score (nSPS) is 19.3. The molecule has 0 bridgehead atoms. The fourth-order valence-electron chi connectivity index (χ4n) is 2.72. The first-order valence-corrected chi connectivity index (χ1v) is 6.63. The van der Waals surface area contributed by atoms with Gasteiger partial charge in [0.15, 0.2) is 0 Å². The second-order valence-electron chi connectivity index (χ2n) is 5.31. The highest BCUT2D eigenvalue weighted by Gasteiger charge is 2.33. The Morgan fingerprint density at radius 1 is 1.44 bits per heavy atom. The maximum atomic E-state index is 5.79. The summed E-state index contributed by atoms with van der Waals surface area (Å²) >= 11 is 0. The number of nitrogens with zero attached hydrogens (tertiary/aromatic N) is 1. The number of hydrogen-bond acceptors (Lipinski definition) is 4. The van der Waals surface area contributed by atoms with Crippen LogP contribution in [0.3, 0.4) is 0 Å². The zero-order valence-corrected chi connectivity index (χ0v) is 11.7. The molecule has 0 aliphatic carbocycles. The van der Waals surface area contributed by atoms with Gasteiger partial charge in [-0.05, 0) is 46.0 Å². The third kappa shape index (κ3) is 3.13. The van der Waals surface area contributed by atoms with Crippen molar-refractivity contribution < 1.29 is 9.15 Å². The van der Waals surface area contributed by atoms with Crippen LogP contribution in [-0.2, 0) is 11.3 Å². The fourth-order valence-corrected chi connectivity index (χ4v) is 2.72. The van der Waals surface area contributed by atoms with Gasteiger partial charge in [-0.1, -0.05) is 0 Å². The Bertz CT molecular complexity index is 370. The van der Waals surface area contributed by atoms with Gasteiger partial charge in [0, 0.05) is 25.8 Å². The molecule has 18 heavy (non-hydrogen) atoms. The molecule has 4 nitrogen and oxygen atoms in total. The Kier molecular flexibility index (Phi) is 4.43. The first-order chi connectivity index (χ1) is 8.65. The SMILES string of the molecule is COC1(CN(C)Cc2ccoc2C)CCNCC1. The standard InChI is InChI=1S/C14H24N2O2/c1-12-13(4-9-18-12)10-16(2)11-14(17-3)5-7-15-8-6-14/h4,9,15H,5-8,10-11H2,1-3H3. The molecule has 1 aromatic heterocycles. The lowest BCUT2D eigenvalue weighted by Crippen LogP contribution is -2.50. The van der Waals surface area contributed by atoms with Gasteiger partial charge in [-0.2, -0.15) is 0 Å². The molecule has 0 spiro atoms. The van der Waals surface area contributed by atoms with Crippen molar-refractivity contribution in [1.29, 1.82) is 0 Å². The van der Waals surface area contributed by atoms with Gasteiger partial charge in [-0.25, -0.2) is 0 Å². The van der Waals surface area contributed by atoms with E-state index in [4.69, 9.17) is 9.15 Å². The van der Waals surface area contributed by atoms with E-state index >= 15 is 0 Å². The molecule has 102 valence electrons. The summed E-state index contributed by atoms with van der Waals surface area (Å²) in [5.74, 6) is 1.01. The first kappa shape index (κ1) is 13.6. The molecule has 0 atom stereocenters. The van der Waals surface area contributed by atoms with Gasteiger partial charge < -0.3 is 14.5 Å². The summed E-state index contributed by atoms with van der Waals surface area (Å²) in [7, 11) is 3.98. The molecule has 0 radical (unpaired) electrons. The van der Waals surface area contributed by atoms with Crippen molar-refractivity contribution in [2.75, 3.05) is 33.8 Å². The molecular weight excluding hydrogens is 228 g/mol. The van der Waals surface area contributed by atoms with Gasteiger partial charge in [0.25, 0.3) is 0 Å². The largest absolute Gasteiger partial charge is 0.469 e. The van der Waals surface area contributed by atoms with Crippen LogP contribution >= 0.6 is 0 Å². The molecule has 1 aliphatic heterocycles. The fraction of sp³-hybridized carbons (Fsp3) is 0.714. The van der Waals surface area contributed by atoms with Crippen LogP contribution in [0.5, 0.6) is 0 Å². The Balaban J connectivity index is 1.93. The van der Waals surface area contributed by atoms with E-state index < -0.39 is 0 Å². The van der Waals surface area contributed by atoms with Gasteiger partial charge in [-0.3, -0.25) is 4.90 Å². The lowest BCUT2D eigenvalue weighted by atomic mass is 9.91. The van der Waals surface area contributed by atoms with E-state index in [0.717, 1.165) is 44.8 Å². The van der Waals surface area contributed by atoms with Gasteiger partial charge in [-0.15, -0.1) is 0 Å². The Morgan fingerprint density at radius 3 is 2.72 bits per heavy atom. The number of methoxy groups -OCH3 is 1. The minimum absolute atomic E-state index is 0.0115. The van der Waals surface area contributed by atoms with Crippen molar-refractivity contribution in [3.05, 3.63) is 23.7 Å². The van der Waals surface area contributed by atoms with E-state index in [-0.39, 0.29) is 5.60 Å². The van der Waals surface area contributed by atoms with Crippen LogP contribution in [0.1, 0.15) is 24.2 Å². The number of ether oxygens (including phenoxy) is 1. The molecular formula is C14H24N2O2. The number of hydrogen-bond donors (Lipinski definition) is 1. The summed E-state index contributed by atoms with van der Waals surface area (Å²) in [5.41, 5.74) is 1.27. The maximum absolute atomic E-state index is 5.79. The van der Waals surface area contributed by atoms with Crippen LogP contribution < -0.4 is 5.32 Å². The lowest BCUT2D eigenvalue weighted by molar-refractivity contribution is -0.0543. The van der Waals surface area contributed by atoms with Crippen LogP contribution in [0, 0.1) is 6.92 Å². The lowest BCUT2D eigenvalue weighted by Gasteiger charge is -2.39. The van der Waals surface area contributed by atoms with Crippen LogP contribution in [0.4, 0.5) is 0 Å². The quantitative estimate of drug-likeness (QED) is 0.867. The van der Waals surface area contributed by atoms with Gasteiger partial charge in [0.05, 0.1) is 11.9 Å². The van der Waals surface area contributed by atoms with Crippen molar-refractivity contribution in [2.24, 2.45) is 0 Å². The van der Waals surface area contributed by atoms with Gasteiger partial charge in [0.2, 0.25) is 0 Å². The molecule has 0 saturated carbocycles. The van der Waals surface area contributed by atoms with E-state index in [1.54, 1.807) is 6.26 Å². The highest BCUT2D eigenvalue weighted by atomic mass is 16.5. The number of aryl methyl sites for hydroxylation is 1. The molecule has 2 rings (SSSR count). The molecule has 1 aromatic rings. The molecule has 1 aliphatic rings. The number of piperidine rings is 1. The van der Waals surface area contributed by atoms with Crippen LogP contribution in [0.15, 0.2) is 16.7 Å². The minimum atomic E-state index is 0.0115. The summed E-state index contributed by atoms with van der Waals surface area (Å²) < 4.78 is 11.1. The number of rotatable bonds is 5. The predicted molar refractivity (Wildman–Crippen MR) is 71.6 cm³/mol. The van der Waals surface area contributed by atoms with Crippen LogP contribution in [-0.4, -0.2) is 44.3 Å². The zero-order valence-electron chi connectivity index (χ0n) is 11.7. The minimum Gasteiger partial charge on any atom is -0.469 e. The van der Waals surface area contributed by atoms with E-state index in [1.807, 2.05) is 20.1 Å². The second kappa shape index (κ2) is 5.87. The Morgan fingerprint density at radius 2 is 2.17 bits per heavy atom. The highest BCUT2D eigenvalue weighted by Crippen LogP contribution is 2.24. The maximum Gasteiger partial charge on any atom is 0.105 e. The molecule has 1 fully saturated rings. The third-order valence-electron chi connectivity index (χ3n) is 3.91. The van der Waals surface area contributed by atoms with Crippen molar-refractivity contribution in [3.63, 3.8) is 0 Å². The molecule has 0 unspecified atom stereocenters. The zero-order chi connectivity index (χ0) is 13.0. The average Bonchev–Trinajstić information content (AvgIpc) is 2.76. The van der Waals surface area contributed by atoms with Crippen molar-refractivity contribution in [3.8, 4) is 0 Å². The summed E-state index contributed by atoms with van der Waals surface area (Å²) in [6.07, 6.45) is 3.92. The Hall–Kier alpha value is -0.840. The first-order valence-electron chi connectivity index (χ1n) is 6.63. The van der Waals surface area contributed by atoms with Crippen LogP contribution in [0.25, 0.3) is 0 Å². The van der Waals surface area contributed by atoms with Crippen LogP contribution in [0.2, 0.25) is 0 Å². The molecule has 0 amide bonds. The molecule has 2 heterocycles. The number of nitrogens with one attached hydrogen (secondary N) is 1. The predicted octanol–water partition coefficient (Wildman–Crippen LogP) is 1.79. The summed E-state index contributed by atoms with van der Waals surface area (Å²) in [4.78, 5) is 2.33. The average molecular weight is 252 g/mol. The van der Waals surface area contributed by atoms with E-state index in [2.05, 4.69) is 17.3 Å². The monoisotopic (exact) mass is 252 g/mol. The number of furan rings is 1. The summed E-state index contributed by atoms with van der Waals surface area (Å²) in [6.45, 7) is 6.00. The molecule has 0 aromatic carbocycles. The van der Waals surface area contributed by atoms with E-state index in [1.165, 1.54) is 5.56 Å². The molecule has 1 N–H and O–H groups in total. The Labute approximate surface area is 109 Å². The number of likely N-dealkylation sites (N-methyl/N-ethyl adjacent to an activating group) is 1. The summed E-state index contributed by atoms with van der Waals surface area (Å²) in [6, 6.07) is 2.05. The van der Waals surface area contributed by atoms with Gasteiger partial charge in [0.1, 0.15) is 5.76 Å². The molecule has 4 heteroatoms. The van der Waals surface area contributed by atoms with Gasteiger partial charge >= 0.3 is 0 Å². The van der Waals surface area contributed by atoms with E-state index in [9.17, 15) is 0 Å². The third-order valence-corrected chi connectivity index (χ3v) is 3.91. The van der Waals surface area contributed by atoms with Crippen molar-refractivity contribution in [1.82, 2.24) is 10.2 Å².